The fraction of sp³-hybridized carbons (Fsp3) is 0.429. The van der Waals surface area contributed by atoms with Crippen LogP contribution < -0.4 is 9.47 Å². The fourth-order valence-electron chi connectivity index (χ4n) is 4.35. The fourth-order valence-corrected chi connectivity index (χ4v) is 4.52. The molecule has 1 heterocycles. The van der Waals surface area contributed by atoms with Gasteiger partial charge in [-0.25, -0.2) is 0 Å². The number of hydrogen-bond acceptors (Lipinski definition) is 6. The maximum atomic E-state index is 13.3. The first-order valence-corrected chi connectivity index (χ1v) is 12.8. The molecule has 1 N–H and O–H groups in total. The number of hydrogen-bond donors (Lipinski definition) is 1. The highest BCUT2D eigenvalue weighted by Crippen LogP contribution is 2.41. The van der Waals surface area contributed by atoms with E-state index in [1.807, 2.05) is 45.0 Å². The first-order valence-electron chi connectivity index (χ1n) is 12.4. The number of ether oxygens (including phenoxy) is 2. The number of carbonyl (C=O) groups is 2. The quantitative estimate of drug-likeness (QED) is 0.249. The van der Waals surface area contributed by atoms with E-state index >= 15 is 0 Å². The lowest BCUT2D eigenvalue weighted by molar-refractivity contribution is -0.140. The number of likely N-dealkylation sites (N-methyl/N-ethyl adjacent to an activating group) is 1. The van der Waals surface area contributed by atoms with Gasteiger partial charge in [-0.3, -0.25) is 9.59 Å². The van der Waals surface area contributed by atoms with Crippen molar-refractivity contribution in [2.24, 2.45) is 0 Å². The predicted octanol–water partition coefficient (Wildman–Crippen LogP) is 5.29. The molecule has 0 bridgehead atoms. The second kappa shape index (κ2) is 12.3. The number of benzene rings is 2. The number of halogens is 1. The predicted molar refractivity (Wildman–Crippen MR) is 142 cm³/mol. The Labute approximate surface area is 218 Å². The molecule has 2 aromatic carbocycles. The molecule has 7 nitrogen and oxygen atoms in total. The second-order valence-electron chi connectivity index (χ2n) is 8.84. The first-order chi connectivity index (χ1) is 17.2. The minimum Gasteiger partial charge on any atom is -0.507 e. The van der Waals surface area contributed by atoms with Gasteiger partial charge in [0, 0.05) is 18.7 Å². The molecule has 1 amide bonds. The maximum absolute atomic E-state index is 13.3. The lowest BCUT2D eigenvalue weighted by atomic mass is 9.95. The Morgan fingerprint density at radius 3 is 2.47 bits per heavy atom. The number of ketones is 1. The monoisotopic (exact) mass is 514 g/mol. The van der Waals surface area contributed by atoms with Crippen molar-refractivity contribution in [2.45, 2.75) is 46.8 Å². The zero-order valence-electron chi connectivity index (χ0n) is 21.6. The molecule has 0 radical (unpaired) electrons. The van der Waals surface area contributed by atoms with Gasteiger partial charge in [0.05, 0.1) is 29.3 Å². The summed E-state index contributed by atoms with van der Waals surface area (Å²) in [6.45, 7) is 12.8. The van der Waals surface area contributed by atoms with Crippen molar-refractivity contribution >= 4 is 29.1 Å². The lowest BCUT2D eigenvalue weighted by Gasteiger charge is -2.28. The summed E-state index contributed by atoms with van der Waals surface area (Å²) in [5.74, 6) is -0.607. The summed E-state index contributed by atoms with van der Waals surface area (Å²) in [7, 11) is 0. The van der Waals surface area contributed by atoms with Gasteiger partial charge < -0.3 is 24.4 Å². The highest BCUT2D eigenvalue weighted by Gasteiger charge is 2.46. The summed E-state index contributed by atoms with van der Waals surface area (Å²) in [6.07, 6.45) is -0.0414. The Morgan fingerprint density at radius 2 is 1.83 bits per heavy atom. The molecule has 0 saturated carbocycles. The van der Waals surface area contributed by atoms with Gasteiger partial charge in [-0.15, -0.1) is 0 Å². The molecule has 1 unspecified atom stereocenters. The number of likely N-dealkylation sites (tertiary alicyclic amines) is 1. The number of rotatable bonds is 11. The number of aliphatic hydroxyl groups excluding tert-OH is 1. The zero-order chi connectivity index (χ0) is 26.4. The van der Waals surface area contributed by atoms with E-state index in [1.54, 1.807) is 23.1 Å². The summed E-state index contributed by atoms with van der Waals surface area (Å²) in [5.41, 5.74) is 1.07. The van der Waals surface area contributed by atoms with Crippen LogP contribution in [0.15, 0.2) is 48.0 Å². The number of aliphatic hydroxyl groups is 1. The van der Waals surface area contributed by atoms with Crippen LogP contribution in [0.3, 0.4) is 0 Å². The lowest BCUT2D eigenvalue weighted by Crippen LogP contribution is -2.38. The van der Waals surface area contributed by atoms with Crippen LogP contribution >= 0.6 is 11.6 Å². The largest absolute Gasteiger partial charge is 0.507 e. The minimum absolute atomic E-state index is 0.0333. The smallest absolute Gasteiger partial charge is 0.295 e. The summed E-state index contributed by atoms with van der Waals surface area (Å²) in [4.78, 5) is 30.3. The Kier molecular flexibility index (Phi) is 9.40. The number of amides is 1. The van der Waals surface area contributed by atoms with Crippen molar-refractivity contribution in [2.75, 3.05) is 32.8 Å². The molecule has 1 aliphatic rings. The van der Waals surface area contributed by atoms with Crippen LogP contribution in [0, 0.1) is 0 Å². The Bertz CT molecular complexity index is 1130. The number of nitrogens with zero attached hydrogens (tertiary/aromatic N) is 2. The molecular formula is C28H35ClN2O5. The third-order valence-electron chi connectivity index (χ3n) is 6.14. The van der Waals surface area contributed by atoms with Gasteiger partial charge in [0.1, 0.15) is 17.3 Å². The van der Waals surface area contributed by atoms with E-state index in [0.717, 1.165) is 13.1 Å². The van der Waals surface area contributed by atoms with Crippen molar-refractivity contribution in [3.8, 4) is 11.5 Å². The van der Waals surface area contributed by atoms with Crippen molar-refractivity contribution in [3.05, 3.63) is 64.2 Å². The van der Waals surface area contributed by atoms with Crippen LogP contribution in [0.5, 0.6) is 11.5 Å². The van der Waals surface area contributed by atoms with Gasteiger partial charge in [0.2, 0.25) is 0 Å². The molecular weight excluding hydrogens is 480 g/mol. The van der Waals surface area contributed by atoms with Crippen molar-refractivity contribution in [1.29, 1.82) is 0 Å². The Balaban J connectivity index is 2.14. The zero-order valence-corrected chi connectivity index (χ0v) is 22.3. The molecule has 8 heteroatoms. The molecule has 0 spiro atoms. The summed E-state index contributed by atoms with van der Waals surface area (Å²) < 4.78 is 11.4. The Morgan fingerprint density at radius 1 is 1.11 bits per heavy atom. The van der Waals surface area contributed by atoms with Gasteiger partial charge in [0.15, 0.2) is 0 Å². The molecule has 194 valence electrons. The third kappa shape index (κ3) is 6.02. The number of Topliss-reactive ketones (excluding diaryl/α,β-unsaturated/α-hetero) is 1. The van der Waals surface area contributed by atoms with E-state index in [0.29, 0.717) is 47.3 Å². The first kappa shape index (κ1) is 27.6. The third-order valence-corrected chi connectivity index (χ3v) is 6.45. The molecule has 0 aliphatic carbocycles. The molecule has 2 aromatic rings. The molecule has 1 saturated heterocycles. The molecule has 1 fully saturated rings. The van der Waals surface area contributed by atoms with Gasteiger partial charge in [-0.05, 0) is 69.8 Å². The van der Waals surface area contributed by atoms with Gasteiger partial charge in [0.25, 0.3) is 11.7 Å². The van der Waals surface area contributed by atoms with Crippen molar-refractivity contribution < 1.29 is 24.2 Å². The second-order valence-corrected chi connectivity index (χ2v) is 9.24. The van der Waals surface area contributed by atoms with Crippen LogP contribution in [0.1, 0.15) is 51.8 Å². The highest BCUT2D eigenvalue weighted by atomic mass is 35.5. The average Bonchev–Trinajstić information content (AvgIpc) is 3.10. The number of carbonyl (C=O) groups excluding carboxylic acids is 2. The van der Waals surface area contributed by atoms with Gasteiger partial charge >= 0.3 is 0 Å². The SMILES string of the molecule is CCOc1cc(/C(O)=C2/C(=O)C(=O)N(CCN(CC)CC)C2c2cccc(OC(C)C)c2)ccc1Cl. The van der Waals surface area contributed by atoms with Crippen LogP contribution in [-0.4, -0.2) is 65.5 Å². The minimum atomic E-state index is -0.762. The summed E-state index contributed by atoms with van der Waals surface area (Å²) >= 11 is 6.23. The van der Waals surface area contributed by atoms with Crippen LogP contribution in [0.25, 0.3) is 5.76 Å². The van der Waals surface area contributed by atoms with Crippen LogP contribution in [-0.2, 0) is 9.59 Å². The van der Waals surface area contributed by atoms with E-state index in [9.17, 15) is 14.7 Å². The van der Waals surface area contributed by atoms with Gasteiger partial charge in [-0.1, -0.05) is 37.6 Å². The normalized spacial score (nSPS) is 17.3. The molecule has 3 rings (SSSR count). The van der Waals surface area contributed by atoms with E-state index in [4.69, 9.17) is 21.1 Å². The highest BCUT2D eigenvalue weighted by molar-refractivity contribution is 6.46. The van der Waals surface area contributed by atoms with Crippen LogP contribution in [0.4, 0.5) is 0 Å². The summed E-state index contributed by atoms with van der Waals surface area (Å²) in [5, 5.41) is 11.8. The van der Waals surface area contributed by atoms with E-state index in [2.05, 4.69) is 18.7 Å². The standard InChI is InChI=1S/C28H35ClN2O5/c1-6-30(7-2)14-15-31-25(19-10-9-11-21(16-19)36-18(4)5)24(27(33)28(31)34)26(32)20-12-13-22(29)23(17-20)35-8-3/h9-13,16-18,25,32H,6-8,14-15H2,1-5H3/b26-24-. The van der Waals surface area contributed by atoms with E-state index < -0.39 is 17.7 Å². The van der Waals surface area contributed by atoms with E-state index in [-0.39, 0.29) is 17.4 Å². The Hall–Kier alpha value is -3.03. The topological polar surface area (TPSA) is 79.3 Å². The van der Waals surface area contributed by atoms with Crippen LogP contribution in [0.2, 0.25) is 5.02 Å². The van der Waals surface area contributed by atoms with Crippen molar-refractivity contribution in [1.82, 2.24) is 9.80 Å². The molecule has 1 aliphatic heterocycles. The van der Waals surface area contributed by atoms with Gasteiger partial charge in [-0.2, -0.15) is 0 Å². The maximum Gasteiger partial charge on any atom is 0.295 e. The molecule has 36 heavy (non-hydrogen) atoms. The molecule has 0 aromatic heterocycles. The summed E-state index contributed by atoms with van der Waals surface area (Å²) in [6, 6.07) is 11.4. The molecule has 1 atom stereocenters. The van der Waals surface area contributed by atoms with Crippen molar-refractivity contribution in [3.63, 3.8) is 0 Å². The van der Waals surface area contributed by atoms with E-state index in [1.165, 1.54) is 0 Å². The average molecular weight is 515 g/mol.